The van der Waals surface area contributed by atoms with E-state index in [9.17, 15) is 9.18 Å². The maximum absolute atomic E-state index is 14.4. The normalized spacial score (nSPS) is 11.6. The molecule has 0 fully saturated rings. The van der Waals surface area contributed by atoms with Crippen LogP contribution in [0.5, 0.6) is 0 Å². The number of halogens is 2. The molecule has 0 atom stereocenters. The number of pyridine rings is 2. The summed E-state index contributed by atoms with van der Waals surface area (Å²) < 4.78 is 15.3. The van der Waals surface area contributed by atoms with E-state index in [2.05, 4.69) is 20.3 Å². The van der Waals surface area contributed by atoms with E-state index in [0.717, 1.165) is 16.0 Å². The molecular weight excluding hydrogens is 481 g/mol. The summed E-state index contributed by atoms with van der Waals surface area (Å²) in [5.41, 5.74) is 1.21. The molecule has 0 saturated heterocycles. The Morgan fingerprint density at radius 1 is 1.22 bits per heavy atom. The average molecular weight is 504 g/mol. The van der Waals surface area contributed by atoms with Gasteiger partial charge in [0, 0.05) is 47.3 Å². The fourth-order valence-electron chi connectivity index (χ4n) is 3.12. The summed E-state index contributed by atoms with van der Waals surface area (Å²) in [6, 6.07) is 15.0. The zero-order valence-electron chi connectivity index (χ0n) is 19.7. The molecule has 0 aliphatic rings. The van der Waals surface area contributed by atoms with Crippen LogP contribution in [0.4, 0.5) is 10.1 Å². The number of anilines is 1. The summed E-state index contributed by atoms with van der Waals surface area (Å²) in [5.74, 6) is 0.928. The molecule has 36 heavy (non-hydrogen) atoms. The molecule has 0 radical (unpaired) electrons. The molecule has 0 bridgehead atoms. The molecule has 7 nitrogen and oxygen atoms in total. The highest BCUT2D eigenvalue weighted by atomic mass is 35.5. The molecule has 0 spiro atoms. The highest BCUT2D eigenvalue weighted by Crippen LogP contribution is 2.29. The van der Waals surface area contributed by atoms with Crippen LogP contribution < -0.4 is 15.7 Å². The fourth-order valence-corrected chi connectivity index (χ4v) is 3.31. The Morgan fingerprint density at radius 3 is 2.61 bits per heavy atom. The van der Waals surface area contributed by atoms with E-state index in [1.54, 1.807) is 31.5 Å². The second-order valence-corrected chi connectivity index (χ2v) is 7.59. The van der Waals surface area contributed by atoms with Gasteiger partial charge in [-0.25, -0.2) is 9.97 Å². The van der Waals surface area contributed by atoms with Crippen LogP contribution in [0.3, 0.4) is 0 Å². The molecule has 1 aromatic carbocycles. The smallest absolute Gasteiger partial charge is 0.293 e. The van der Waals surface area contributed by atoms with Gasteiger partial charge in [0.25, 0.3) is 5.56 Å². The Kier molecular flexibility index (Phi) is 9.32. The molecule has 0 amide bonds. The molecule has 0 aliphatic carbocycles. The number of hydrogen-bond donors (Lipinski definition) is 1. The second kappa shape index (κ2) is 12.8. The molecule has 0 aliphatic heterocycles. The van der Waals surface area contributed by atoms with Gasteiger partial charge in [-0.2, -0.15) is 4.39 Å². The van der Waals surface area contributed by atoms with Gasteiger partial charge in [0.2, 0.25) is 0 Å². The molecule has 0 unspecified atom stereocenters. The standard InChI is InChI=1S/C20H14ClFN4O2.C7H9N/c1-3-16(21)18(17(22)4-2)15-8-14-10-24-12-25-19(14)26(20(15)27)28-11-13-6-5-7-23-9-13;1-8-7-5-3-2-4-6-7/h2-3,5-10,12H,11H2,1H3;2-6,8H,1H3/b16-3+,18-17+;. The Hall–Kier alpha value is -4.48. The van der Waals surface area contributed by atoms with Crippen LogP contribution in [0, 0.1) is 12.3 Å². The van der Waals surface area contributed by atoms with Crippen LogP contribution in [0.2, 0.25) is 0 Å². The zero-order chi connectivity index (χ0) is 25.9. The van der Waals surface area contributed by atoms with Gasteiger partial charge in [0.05, 0.1) is 11.1 Å². The molecule has 182 valence electrons. The van der Waals surface area contributed by atoms with E-state index in [4.69, 9.17) is 22.9 Å². The number of aromatic nitrogens is 4. The van der Waals surface area contributed by atoms with Gasteiger partial charge in [-0.05, 0) is 37.1 Å². The summed E-state index contributed by atoms with van der Waals surface area (Å²) in [4.78, 5) is 30.8. The fraction of sp³-hybridized carbons (Fsp3) is 0.111. The number of fused-ring (bicyclic) bond motifs is 1. The van der Waals surface area contributed by atoms with Gasteiger partial charge in [0.1, 0.15) is 12.9 Å². The van der Waals surface area contributed by atoms with E-state index in [-0.39, 0.29) is 28.4 Å². The van der Waals surface area contributed by atoms with E-state index < -0.39 is 11.4 Å². The molecule has 0 saturated carbocycles. The van der Waals surface area contributed by atoms with Gasteiger partial charge >= 0.3 is 0 Å². The summed E-state index contributed by atoms with van der Waals surface area (Å²) in [6.45, 7) is 1.65. The SMILES string of the molecule is C#C/C(F)=C(\C(Cl)=C/C)c1cc2cncnc2n(OCc2cccnc2)c1=O.CNc1ccccc1. The Bertz CT molecular complexity index is 1480. The highest BCUT2D eigenvalue weighted by molar-refractivity contribution is 6.37. The highest BCUT2D eigenvalue weighted by Gasteiger charge is 2.20. The molecule has 1 N–H and O–H groups in total. The first kappa shape index (κ1) is 26.1. The van der Waals surface area contributed by atoms with Gasteiger partial charge in [-0.3, -0.25) is 9.78 Å². The molecule has 9 heteroatoms. The number of allylic oxidation sites excluding steroid dienone is 4. The van der Waals surface area contributed by atoms with Crippen LogP contribution in [0.15, 0.2) is 95.2 Å². The minimum absolute atomic E-state index is 0.00237. The van der Waals surface area contributed by atoms with E-state index in [1.807, 2.05) is 43.3 Å². The van der Waals surface area contributed by atoms with E-state index in [1.165, 1.54) is 24.7 Å². The van der Waals surface area contributed by atoms with Gasteiger partial charge in [-0.15, -0.1) is 11.2 Å². The van der Waals surface area contributed by atoms with Crippen LogP contribution in [0.1, 0.15) is 18.1 Å². The predicted molar refractivity (Wildman–Crippen MR) is 141 cm³/mol. The number of rotatable bonds is 6. The third-order valence-corrected chi connectivity index (χ3v) is 5.29. The molecule has 3 aromatic heterocycles. The van der Waals surface area contributed by atoms with Gasteiger partial charge < -0.3 is 10.2 Å². The molecule has 3 heterocycles. The molecular formula is C27H23ClFN5O2. The third kappa shape index (κ3) is 6.34. The number of benzene rings is 1. The van der Waals surface area contributed by atoms with Gasteiger partial charge in [0.15, 0.2) is 11.5 Å². The first-order valence-electron chi connectivity index (χ1n) is 10.8. The second-order valence-electron chi connectivity index (χ2n) is 7.18. The maximum atomic E-state index is 14.4. The summed E-state index contributed by atoms with van der Waals surface area (Å²) in [6.07, 6.45) is 12.6. The van der Waals surface area contributed by atoms with Crippen molar-refractivity contribution in [1.29, 1.82) is 0 Å². The van der Waals surface area contributed by atoms with Crippen molar-refractivity contribution in [3.05, 3.63) is 112 Å². The van der Waals surface area contributed by atoms with Crippen molar-refractivity contribution >= 4 is 33.9 Å². The average Bonchev–Trinajstić information content (AvgIpc) is 2.94. The van der Waals surface area contributed by atoms with E-state index >= 15 is 0 Å². The summed E-state index contributed by atoms with van der Waals surface area (Å²) in [7, 11) is 1.91. The third-order valence-electron chi connectivity index (χ3n) is 4.88. The maximum Gasteiger partial charge on any atom is 0.293 e. The van der Waals surface area contributed by atoms with Crippen LogP contribution in [-0.4, -0.2) is 26.7 Å². The quantitative estimate of drug-likeness (QED) is 0.294. The Morgan fingerprint density at radius 2 is 2.00 bits per heavy atom. The van der Waals surface area contributed by atoms with Crippen LogP contribution in [0.25, 0.3) is 16.6 Å². The lowest BCUT2D eigenvalue weighted by molar-refractivity contribution is 0.0975. The zero-order valence-corrected chi connectivity index (χ0v) is 20.4. The van der Waals surface area contributed by atoms with Crippen molar-refractivity contribution in [2.75, 3.05) is 12.4 Å². The van der Waals surface area contributed by atoms with Crippen molar-refractivity contribution < 1.29 is 9.23 Å². The van der Waals surface area contributed by atoms with E-state index in [0.29, 0.717) is 5.39 Å². The van der Waals surface area contributed by atoms with Gasteiger partial charge in [-0.1, -0.05) is 41.9 Å². The number of nitrogens with one attached hydrogen (secondary N) is 1. The number of hydrogen-bond acceptors (Lipinski definition) is 6. The lowest BCUT2D eigenvalue weighted by Gasteiger charge is -2.14. The first-order valence-corrected chi connectivity index (χ1v) is 11.2. The van der Waals surface area contributed by atoms with Crippen LogP contribution in [-0.2, 0) is 6.61 Å². The minimum atomic E-state index is -0.963. The Labute approximate surface area is 212 Å². The van der Waals surface area contributed by atoms with Crippen molar-refractivity contribution in [2.45, 2.75) is 13.5 Å². The monoisotopic (exact) mass is 503 g/mol. The summed E-state index contributed by atoms with van der Waals surface area (Å²) in [5, 5.41) is 3.48. The van der Waals surface area contributed by atoms with Crippen molar-refractivity contribution in [2.24, 2.45) is 0 Å². The van der Waals surface area contributed by atoms with Crippen LogP contribution >= 0.6 is 11.6 Å². The topological polar surface area (TPSA) is 81.9 Å². The number of nitrogens with zero attached hydrogens (tertiary/aromatic N) is 4. The minimum Gasteiger partial charge on any atom is -0.404 e. The van der Waals surface area contributed by atoms with Crippen molar-refractivity contribution in [3.8, 4) is 12.3 Å². The lowest BCUT2D eigenvalue weighted by Crippen LogP contribution is -2.30. The van der Waals surface area contributed by atoms with Crippen molar-refractivity contribution in [3.63, 3.8) is 0 Å². The van der Waals surface area contributed by atoms with Crippen molar-refractivity contribution in [1.82, 2.24) is 19.7 Å². The Balaban J connectivity index is 0.000000383. The lowest BCUT2D eigenvalue weighted by atomic mass is 10.0. The largest absolute Gasteiger partial charge is 0.404 e. The molecule has 4 aromatic rings. The summed E-state index contributed by atoms with van der Waals surface area (Å²) >= 11 is 6.13. The first-order chi connectivity index (χ1) is 17.5. The molecule has 4 rings (SSSR count). The number of terminal acetylenes is 1. The predicted octanol–water partition coefficient (Wildman–Crippen LogP) is 5.00. The number of para-hydroxylation sites is 1.